The molecular formula is C19H14FNO4S. The average Bonchev–Trinajstić information content (AvgIpc) is 3.06. The lowest BCUT2D eigenvalue weighted by molar-refractivity contribution is 0.0703. The van der Waals surface area contributed by atoms with E-state index in [9.17, 15) is 19.1 Å². The number of nitrogens with one attached hydrogen (secondary N) is 1. The second kappa shape index (κ2) is 7.37. The van der Waals surface area contributed by atoms with Crippen LogP contribution in [0.2, 0.25) is 0 Å². The predicted octanol–water partition coefficient (Wildman–Crippen LogP) is 4.51. The van der Waals surface area contributed by atoms with Gasteiger partial charge < -0.3 is 15.2 Å². The lowest BCUT2D eigenvalue weighted by Gasteiger charge is -2.04. The van der Waals surface area contributed by atoms with Crippen LogP contribution in [0.4, 0.5) is 10.1 Å². The van der Waals surface area contributed by atoms with Crippen LogP contribution in [0, 0.1) is 5.82 Å². The minimum absolute atomic E-state index is 0.000529. The normalized spacial score (nSPS) is 10.4. The Balaban J connectivity index is 1.92. The Morgan fingerprint density at radius 1 is 1.12 bits per heavy atom. The van der Waals surface area contributed by atoms with E-state index in [2.05, 4.69) is 5.32 Å². The van der Waals surface area contributed by atoms with Crippen molar-refractivity contribution in [3.8, 4) is 16.2 Å². The number of methoxy groups -OCH3 is 1. The van der Waals surface area contributed by atoms with Crippen LogP contribution < -0.4 is 10.1 Å². The van der Waals surface area contributed by atoms with Gasteiger partial charge in [0.15, 0.2) is 0 Å². The molecule has 0 aliphatic rings. The van der Waals surface area contributed by atoms with Crippen molar-refractivity contribution in [2.45, 2.75) is 0 Å². The highest BCUT2D eigenvalue weighted by Gasteiger charge is 2.19. The molecule has 3 aromatic rings. The summed E-state index contributed by atoms with van der Waals surface area (Å²) in [6.45, 7) is 0. The zero-order valence-electron chi connectivity index (χ0n) is 13.7. The maximum absolute atomic E-state index is 13.3. The average molecular weight is 371 g/mol. The van der Waals surface area contributed by atoms with E-state index >= 15 is 0 Å². The molecule has 0 unspecified atom stereocenters. The molecule has 1 amide bonds. The molecule has 1 heterocycles. The first kappa shape index (κ1) is 17.6. The predicted molar refractivity (Wildman–Crippen MR) is 97.6 cm³/mol. The SMILES string of the molecule is COc1ccc(-c2cc(NC(=O)c3cccc(F)c3)c(C(=O)O)s2)cc1. The summed E-state index contributed by atoms with van der Waals surface area (Å²) in [5, 5.41) is 12.0. The van der Waals surface area contributed by atoms with Crippen LogP contribution in [0.5, 0.6) is 5.75 Å². The second-order valence-corrected chi connectivity index (χ2v) is 6.40. The van der Waals surface area contributed by atoms with Crippen molar-refractivity contribution in [2.75, 3.05) is 12.4 Å². The number of hydrogen-bond acceptors (Lipinski definition) is 4. The summed E-state index contributed by atoms with van der Waals surface area (Å²) in [7, 11) is 1.56. The molecule has 0 atom stereocenters. The highest BCUT2D eigenvalue weighted by molar-refractivity contribution is 7.18. The van der Waals surface area contributed by atoms with Crippen molar-refractivity contribution in [1.82, 2.24) is 0 Å². The Morgan fingerprint density at radius 3 is 2.46 bits per heavy atom. The van der Waals surface area contributed by atoms with E-state index in [1.165, 1.54) is 18.2 Å². The van der Waals surface area contributed by atoms with E-state index in [4.69, 9.17) is 4.74 Å². The zero-order valence-corrected chi connectivity index (χ0v) is 14.5. The number of carbonyl (C=O) groups excluding carboxylic acids is 1. The van der Waals surface area contributed by atoms with Gasteiger partial charge in [0.05, 0.1) is 12.8 Å². The summed E-state index contributed by atoms with van der Waals surface area (Å²) >= 11 is 1.05. The number of rotatable bonds is 5. The fourth-order valence-corrected chi connectivity index (χ4v) is 3.32. The molecule has 26 heavy (non-hydrogen) atoms. The van der Waals surface area contributed by atoms with Crippen molar-refractivity contribution in [3.63, 3.8) is 0 Å². The Kier molecular flexibility index (Phi) is 4.99. The van der Waals surface area contributed by atoms with Crippen LogP contribution in [-0.2, 0) is 0 Å². The van der Waals surface area contributed by atoms with E-state index < -0.39 is 17.7 Å². The Bertz CT molecular complexity index is 966. The third kappa shape index (κ3) is 3.73. The Hall–Kier alpha value is -3.19. The molecule has 7 heteroatoms. The van der Waals surface area contributed by atoms with Crippen LogP contribution in [0.3, 0.4) is 0 Å². The fourth-order valence-electron chi connectivity index (χ4n) is 2.36. The van der Waals surface area contributed by atoms with Crippen molar-refractivity contribution >= 4 is 28.9 Å². The number of anilines is 1. The highest BCUT2D eigenvalue weighted by Crippen LogP contribution is 2.35. The monoisotopic (exact) mass is 371 g/mol. The molecule has 5 nitrogen and oxygen atoms in total. The van der Waals surface area contributed by atoms with Crippen molar-refractivity contribution in [3.05, 3.63) is 70.9 Å². The lowest BCUT2D eigenvalue weighted by Crippen LogP contribution is -2.13. The molecule has 0 saturated heterocycles. The Labute approximate surface area is 152 Å². The van der Waals surface area contributed by atoms with Crippen LogP contribution in [0.25, 0.3) is 10.4 Å². The van der Waals surface area contributed by atoms with E-state index in [1.54, 1.807) is 37.4 Å². The van der Waals surface area contributed by atoms with Crippen molar-refractivity contribution in [2.24, 2.45) is 0 Å². The van der Waals surface area contributed by atoms with Gasteiger partial charge >= 0.3 is 5.97 Å². The minimum atomic E-state index is -1.15. The number of halogens is 1. The smallest absolute Gasteiger partial charge is 0.348 e. The quantitative estimate of drug-likeness (QED) is 0.692. The number of amides is 1. The summed E-state index contributed by atoms with van der Waals surface area (Å²) < 4.78 is 18.4. The zero-order chi connectivity index (χ0) is 18.7. The third-order valence-electron chi connectivity index (χ3n) is 3.64. The van der Waals surface area contributed by atoms with Crippen LogP contribution in [0.15, 0.2) is 54.6 Å². The largest absolute Gasteiger partial charge is 0.497 e. The highest BCUT2D eigenvalue weighted by atomic mass is 32.1. The van der Waals surface area contributed by atoms with Crippen LogP contribution in [0.1, 0.15) is 20.0 Å². The van der Waals surface area contributed by atoms with E-state index in [1.807, 2.05) is 0 Å². The molecule has 3 rings (SSSR count). The number of thiophene rings is 1. The van der Waals surface area contributed by atoms with Gasteiger partial charge in [0.2, 0.25) is 0 Å². The maximum atomic E-state index is 13.3. The van der Waals surface area contributed by atoms with E-state index in [0.29, 0.717) is 10.6 Å². The molecule has 2 N–H and O–H groups in total. The molecular weight excluding hydrogens is 357 g/mol. The summed E-state index contributed by atoms with van der Waals surface area (Å²) in [5.74, 6) is -1.58. The minimum Gasteiger partial charge on any atom is -0.497 e. The van der Waals surface area contributed by atoms with Gasteiger partial charge in [-0.15, -0.1) is 11.3 Å². The maximum Gasteiger partial charge on any atom is 0.348 e. The number of aromatic carboxylic acids is 1. The van der Waals surface area contributed by atoms with Gasteiger partial charge in [0, 0.05) is 10.4 Å². The van der Waals surface area contributed by atoms with Crippen LogP contribution >= 0.6 is 11.3 Å². The first-order valence-electron chi connectivity index (χ1n) is 7.56. The van der Waals surface area contributed by atoms with Gasteiger partial charge in [-0.1, -0.05) is 6.07 Å². The lowest BCUT2D eigenvalue weighted by atomic mass is 10.1. The van der Waals surface area contributed by atoms with Gasteiger partial charge in [-0.2, -0.15) is 0 Å². The van der Waals surface area contributed by atoms with Gasteiger partial charge in [0.1, 0.15) is 16.4 Å². The molecule has 1 aromatic heterocycles. The number of carboxylic acid groups (broad SMARTS) is 1. The topological polar surface area (TPSA) is 75.6 Å². The standard InChI is InChI=1S/C19H14FNO4S/c1-25-14-7-5-11(6-8-14)16-10-15(17(26-16)19(23)24)21-18(22)12-3-2-4-13(20)9-12/h2-10H,1H3,(H,21,22)(H,23,24). The van der Waals surface area contributed by atoms with Gasteiger partial charge in [-0.05, 0) is 54.1 Å². The summed E-state index contributed by atoms with van der Waals surface area (Å²) in [6.07, 6.45) is 0. The molecule has 2 aromatic carbocycles. The summed E-state index contributed by atoms with van der Waals surface area (Å²) in [6, 6.07) is 13.9. The van der Waals surface area contributed by atoms with Crippen molar-refractivity contribution < 1.29 is 23.8 Å². The number of ether oxygens (including phenoxy) is 1. The summed E-state index contributed by atoms with van der Waals surface area (Å²) in [5.41, 5.74) is 1.07. The molecule has 0 saturated carbocycles. The molecule has 0 bridgehead atoms. The van der Waals surface area contributed by atoms with Crippen molar-refractivity contribution in [1.29, 1.82) is 0 Å². The van der Waals surface area contributed by atoms with Gasteiger partial charge in [0.25, 0.3) is 5.91 Å². The fraction of sp³-hybridized carbons (Fsp3) is 0.0526. The number of carboxylic acids is 1. The third-order valence-corrected chi connectivity index (χ3v) is 4.81. The van der Waals surface area contributed by atoms with E-state index in [0.717, 1.165) is 23.0 Å². The van der Waals surface area contributed by atoms with E-state index in [-0.39, 0.29) is 16.1 Å². The van der Waals surface area contributed by atoms with Gasteiger partial charge in [-0.25, -0.2) is 9.18 Å². The Morgan fingerprint density at radius 2 is 1.85 bits per heavy atom. The first-order valence-corrected chi connectivity index (χ1v) is 8.38. The first-order chi connectivity index (χ1) is 12.5. The number of hydrogen-bond donors (Lipinski definition) is 2. The molecule has 0 fully saturated rings. The molecule has 0 aliphatic carbocycles. The van der Waals surface area contributed by atoms with Gasteiger partial charge in [-0.3, -0.25) is 4.79 Å². The molecule has 0 aliphatic heterocycles. The molecule has 0 radical (unpaired) electrons. The second-order valence-electron chi connectivity index (χ2n) is 5.35. The molecule has 132 valence electrons. The number of benzene rings is 2. The molecule has 0 spiro atoms. The van der Waals surface area contributed by atoms with Crippen LogP contribution in [-0.4, -0.2) is 24.1 Å². The number of carbonyl (C=O) groups is 2. The summed E-state index contributed by atoms with van der Waals surface area (Å²) in [4.78, 5) is 24.5.